The van der Waals surface area contributed by atoms with E-state index in [1.165, 1.54) is 6.07 Å². The maximum atomic E-state index is 13.6. The lowest BCUT2D eigenvalue weighted by Gasteiger charge is -2.20. The van der Waals surface area contributed by atoms with Gasteiger partial charge < -0.3 is 15.2 Å². The summed E-state index contributed by atoms with van der Waals surface area (Å²) in [6.07, 6.45) is -0.581. The zero-order valence-electron chi connectivity index (χ0n) is 9.83. The largest absolute Gasteiger partial charge is 0.491 e. The Balaban J connectivity index is 2.95. The Kier molecular flexibility index (Phi) is 4.71. The Hall–Kier alpha value is -1.13. The van der Waals surface area contributed by atoms with Crippen molar-refractivity contribution in [1.82, 2.24) is 5.32 Å². The molecule has 1 rings (SSSR count). The molecule has 16 heavy (non-hydrogen) atoms. The first-order valence-corrected chi connectivity index (χ1v) is 5.37. The molecule has 2 N–H and O–H groups in total. The Bertz CT molecular complexity index is 342. The lowest BCUT2D eigenvalue weighted by Crippen LogP contribution is -2.27. The van der Waals surface area contributed by atoms with Gasteiger partial charge in [0.15, 0.2) is 11.6 Å². The normalized spacial score (nSPS) is 14.6. The molecule has 0 aromatic heterocycles. The lowest BCUT2D eigenvalue weighted by atomic mass is 10.0. The Morgan fingerprint density at radius 2 is 2.19 bits per heavy atom. The van der Waals surface area contributed by atoms with Gasteiger partial charge in [-0.3, -0.25) is 0 Å². The molecule has 0 bridgehead atoms. The molecule has 0 saturated heterocycles. The predicted octanol–water partition coefficient (Wildman–Crippen LogP) is 1.87. The van der Waals surface area contributed by atoms with E-state index >= 15 is 0 Å². The van der Waals surface area contributed by atoms with Crippen molar-refractivity contribution in [2.75, 3.05) is 13.7 Å². The SMILES string of the molecule is CCOc1ccc(C(NC)C(C)O)cc1F. The molecule has 3 nitrogen and oxygen atoms in total. The summed E-state index contributed by atoms with van der Waals surface area (Å²) in [7, 11) is 1.73. The number of likely N-dealkylation sites (N-methyl/N-ethyl adjacent to an activating group) is 1. The molecular weight excluding hydrogens is 209 g/mol. The number of benzene rings is 1. The van der Waals surface area contributed by atoms with Crippen LogP contribution in [0.2, 0.25) is 0 Å². The van der Waals surface area contributed by atoms with Crippen LogP contribution in [0.15, 0.2) is 18.2 Å². The van der Waals surface area contributed by atoms with Crippen molar-refractivity contribution in [2.24, 2.45) is 0 Å². The first kappa shape index (κ1) is 12.9. The van der Waals surface area contributed by atoms with Crippen molar-refractivity contribution in [3.8, 4) is 5.75 Å². The fourth-order valence-electron chi connectivity index (χ4n) is 1.67. The molecular formula is C12H18FNO2. The van der Waals surface area contributed by atoms with Gasteiger partial charge in [-0.1, -0.05) is 6.07 Å². The van der Waals surface area contributed by atoms with Gasteiger partial charge in [-0.25, -0.2) is 4.39 Å². The third-order valence-corrected chi connectivity index (χ3v) is 2.41. The molecule has 0 fully saturated rings. The Labute approximate surface area is 95.2 Å². The Morgan fingerprint density at radius 1 is 1.50 bits per heavy atom. The quantitative estimate of drug-likeness (QED) is 0.806. The van der Waals surface area contributed by atoms with Crippen molar-refractivity contribution in [2.45, 2.75) is 26.0 Å². The second-order valence-electron chi connectivity index (χ2n) is 3.63. The maximum absolute atomic E-state index is 13.6. The van der Waals surface area contributed by atoms with E-state index in [-0.39, 0.29) is 11.8 Å². The van der Waals surface area contributed by atoms with Gasteiger partial charge in [0.25, 0.3) is 0 Å². The molecule has 4 heteroatoms. The minimum absolute atomic E-state index is 0.242. The number of nitrogens with one attached hydrogen (secondary N) is 1. The van der Waals surface area contributed by atoms with Gasteiger partial charge in [0, 0.05) is 0 Å². The summed E-state index contributed by atoms with van der Waals surface area (Å²) < 4.78 is 18.7. The van der Waals surface area contributed by atoms with Crippen LogP contribution in [0.5, 0.6) is 5.75 Å². The maximum Gasteiger partial charge on any atom is 0.165 e. The van der Waals surface area contributed by atoms with Gasteiger partial charge in [-0.2, -0.15) is 0 Å². The molecule has 0 aliphatic carbocycles. The predicted molar refractivity (Wildman–Crippen MR) is 61.1 cm³/mol. The van der Waals surface area contributed by atoms with E-state index in [4.69, 9.17) is 4.74 Å². The first-order chi connectivity index (χ1) is 7.60. The fourth-order valence-corrected chi connectivity index (χ4v) is 1.67. The molecule has 0 spiro atoms. The van der Waals surface area contributed by atoms with E-state index < -0.39 is 11.9 Å². The molecule has 0 radical (unpaired) electrons. The summed E-state index contributed by atoms with van der Waals surface area (Å²) in [5.41, 5.74) is 0.707. The molecule has 90 valence electrons. The third-order valence-electron chi connectivity index (χ3n) is 2.41. The number of ether oxygens (including phenoxy) is 1. The third kappa shape index (κ3) is 2.93. The topological polar surface area (TPSA) is 41.5 Å². The van der Waals surface area contributed by atoms with Crippen molar-refractivity contribution in [3.63, 3.8) is 0 Å². The molecule has 1 aromatic carbocycles. The van der Waals surface area contributed by atoms with E-state index in [1.54, 1.807) is 33.0 Å². The summed E-state index contributed by atoms with van der Waals surface area (Å²) >= 11 is 0. The van der Waals surface area contributed by atoms with Crippen LogP contribution in [0, 0.1) is 5.82 Å². The number of halogens is 1. The average molecular weight is 227 g/mol. The highest BCUT2D eigenvalue weighted by molar-refractivity contribution is 5.31. The number of hydrogen-bond acceptors (Lipinski definition) is 3. The molecule has 0 aliphatic heterocycles. The highest BCUT2D eigenvalue weighted by Gasteiger charge is 2.16. The highest BCUT2D eigenvalue weighted by Crippen LogP contribution is 2.23. The fraction of sp³-hybridized carbons (Fsp3) is 0.500. The van der Waals surface area contributed by atoms with Crippen molar-refractivity contribution in [1.29, 1.82) is 0 Å². The second kappa shape index (κ2) is 5.82. The van der Waals surface area contributed by atoms with E-state index in [0.29, 0.717) is 12.2 Å². The van der Waals surface area contributed by atoms with Crippen LogP contribution in [0.25, 0.3) is 0 Å². The highest BCUT2D eigenvalue weighted by atomic mass is 19.1. The van der Waals surface area contributed by atoms with Crippen LogP contribution < -0.4 is 10.1 Å². The van der Waals surface area contributed by atoms with Gasteiger partial charge in [0.2, 0.25) is 0 Å². The van der Waals surface area contributed by atoms with Crippen LogP contribution in [0.4, 0.5) is 4.39 Å². The van der Waals surface area contributed by atoms with Crippen LogP contribution in [-0.2, 0) is 0 Å². The summed E-state index contributed by atoms with van der Waals surface area (Å²) in [6, 6.07) is 4.45. The van der Waals surface area contributed by atoms with Crippen LogP contribution >= 0.6 is 0 Å². The van der Waals surface area contributed by atoms with Gasteiger partial charge >= 0.3 is 0 Å². The van der Waals surface area contributed by atoms with E-state index in [2.05, 4.69) is 5.32 Å². The molecule has 0 saturated carbocycles. The number of rotatable bonds is 5. The standard InChI is InChI=1S/C12H18FNO2/c1-4-16-11-6-5-9(7-10(11)13)12(14-3)8(2)15/h5-8,12,14-15H,4H2,1-3H3. The molecule has 0 aliphatic rings. The van der Waals surface area contributed by atoms with E-state index in [1.807, 2.05) is 0 Å². The zero-order chi connectivity index (χ0) is 12.1. The minimum Gasteiger partial charge on any atom is -0.491 e. The molecule has 0 heterocycles. The number of hydrogen-bond donors (Lipinski definition) is 2. The van der Waals surface area contributed by atoms with Crippen LogP contribution in [0.1, 0.15) is 25.5 Å². The molecule has 0 amide bonds. The number of aliphatic hydroxyl groups is 1. The second-order valence-corrected chi connectivity index (χ2v) is 3.63. The van der Waals surface area contributed by atoms with Gasteiger partial charge in [-0.05, 0) is 38.6 Å². The van der Waals surface area contributed by atoms with Gasteiger partial charge in [0.1, 0.15) is 0 Å². The van der Waals surface area contributed by atoms with Crippen molar-refractivity contribution >= 4 is 0 Å². The average Bonchev–Trinajstić information content (AvgIpc) is 2.22. The van der Waals surface area contributed by atoms with E-state index in [9.17, 15) is 9.50 Å². The monoisotopic (exact) mass is 227 g/mol. The lowest BCUT2D eigenvalue weighted by molar-refractivity contribution is 0.149. The molecule has 1 aromatic rings. The minimum atomic E-state index is -0.581. The summed E-state index contributed by atoms with van der Waals surface area (Å²) in [4.78, 5) is 0. The zero-order valence-corrected chi connectivity index (χ0v) is 9.83. The van der Waals surface area contributed by atoms with Crippen LogP contribution in [-0.4, -0.2) is 24.9 Å². The summed E-state index contributed by atoms with van der Waals surface area (Å²) in [5.74, 6) is -0.160. The smallest absolute Gasteiger partial charge is 0.165 e. The van der Waals surface area contributed by atoms with Crippen molar-refractivity contribution in [3.05, 3.63) is 29.6 Å². The van der Waals surface area contributed by atoms with Gasteiger partial charge in [0.05, 0.1) is 18.8 Å². The molecule has 2 unspecified atom stereocenters. The van der Waals surface area contributed by atoms with Gasteiger partial charge in [-0.15, -0.1) is 0 Å². The van der Waals surface area contributed by atoms with Crippen LogP contribution in [0.3, 0.4) is 0 Å². The molecule has 2 atom stereocenters. The summed E-state index contributed by atoms with van der Waals surface area (Å²) in [5, 5.41) is 12.5. The Morgan fingerprint density at radius 3 is 2.62 bits per heavy atom. The van der Waals surface area contributed by atoms with E-state index in [0.717, 1.165) is 0 Å². The van der Waals surface area contributed by atoms with Crippen molar-refractivity contribution < 1.29 is 14.2 Å². The summed E-state index contributed by atoms with van der Waals surface area (Å²) in [6.45, 7) is 3.90. The number of aliphatic hydroxyl groups excluding tert-OH is 1. The first-order valence-electron chi connectivity index (χ1n) is 5.37.